The number of aliphatic carboxylic acids is 1. The lowest BCUT2D eigenvalue weighted by atomic mass is 10.0. The predicted octanol–water partition coefficient (Wildman–Crippen LogP) is 1.20. The minimum atomic E-state index is -0.966. The zero-order valence-corrected chi connectivity index (χ0v) is 11.5. The van der Waals surface area contributed by atoms with Crippen LogP contribution in [-0.2, 0) is 9.53 Å². The monoisotopic (exact) mass is 270 g/mol. The maximum Gasteiger partial charge on any atom is 0.326 e. The molecule has 1 aliphatic carbocycles. The second-order valence-electron chi connectivity index (χ2n) is 5.80. The van der Waals surface area contributed by atoms with Crippen LogP contribution in [-0.4, -0.2) is 53.3 Å². The fraction of sp³-hybridized carbons (Fsp3) is 0.846. The van der Waals surface area contributed by atoms with E-state index in [0.717, 1.165) is 25.7 Å². The predicted molar refractivity (Wildman–Crippen MR) is 68.9 cm³/mol. The van der Waals surface area contributed by atoms with Crippen LogP contribution in [0.3, 0.4) is 0 Å². The Morgan fingerprint density at radius 2 is 2.00 bits per heavy atom. The molecular weight excluding hydrogens is 248 g/mol. The Bertz CT molecular complexity index is 366. The molecule has 2 rings (SSSR count). The Morgan fingerprint density at radius 3 is 2.53 bits per heavy atom. The van der Waals surface area contributed by atoms with E-state index in [2.05, 4.69) is 5.32 Å². The molecule has 0 bridgehead atoms. The normalized spacial score (nSPS) is 29.5. The second-order valence-corrected chi connectivity index (χ2v) is 5.80. The molecule has 108 valence electrons. The lowest BCUT2D eigenvalue weighted by Gasteiger charge is -2.30. The molecule has 2 unspecified atom stereocenters. The highest BCUT2D eigenvalue weighted by Crippen LogP contribution is 2.30. The Hall–Kier alpha value is -1.30. The van der Waals surface area contributed by atoms with Crippen LogP contribution in [0, 0.1) is 0 Å². The Kier molecular flexibility index (Phi) is 3.99. The number of nitrogens with zero attached hydrogens (tertiary/aromatic N) is 1. The minimum Gasteiger partial charge on any atom is -0.480 e. The van der Waals surface area contributed by atoms with Gasteiger partial charge in [0.15, 0.2) is 0 Å². The van der Waals surface area contributed by atoms with Crippen LogP contribution in [0.1, 0.15) is 39.0 Å². The number of methoxy groups -OCH3 is 1. The number of carbonyl (C=O) groups is 2. The maximum absolute atomic E-state index is 12.3. The van der Waals surface area contributed by atoms with Crippen molar-refractivity contribution < 1.29 is 19.4 Å². The third-order valence-electron chi connectivity index (χ3n) is 4.26. The number of ether oxygens (including phenoxy) is 1. The molecule has 2 amide bonds. The first kappa shape index (κ1) is 14.1. The van der Waals surface area contributed by atoms with Crippen molar-refractivity contribution in [3.05, 3.63) is 0 Å². The first-order valence-corrected chi connectivity index (χ1v) is 6.79. The van der Waals surface area contributed by atoms with Crippen molar-refractivity contribution in [3.63, 3.8) is 0 Å². The Balaban J connectivity index is 2.02. The molecule has 2 fully saturated rings. The fourth-order valence-electron chi connectivity index (χ4n) is 3.04. The van der Waals surface area contributed by atoms with E-state index in [1.165, 1.54) is 4.90 Å². The van der Waals surface area contributed by atoms with Crippen LogP contribution in [0.15, 0.2) is 0 Å². The van der Waals surface area contributed by atoms with Crippen LogP contribution < -0.4 is 5.32 Å². The summed E-state index contributed by atoms with van der Waals surface area (Å²) in [4.78, 5) is 24.9. The van der Waals surface area contributed by atoms with Gasteiger partial charge in [-0.1, -0.05) is 12.8 Å². The summed E-state index contributed by atoms with van der Waals surface area (Å²) in [6.07, 6.45) is 4.30. The number of carboxylic acids is 1. The SMILES string of the molecule is COC1CC(C(=O)O)N(C(=O)NC2(C)CCCC2)C1. The van der Waals surface area contributed by atoms with E-state index in [-0.39, 0.29) is 17.7 Å². The summed E-state index contributed by atoms with van der Waals surface area (Å²) < 4.78 is 5.18. The number of hydrogen-bond donors (Lipinski definition) is 2. The molecule has 1 heterocycles. The maximum atomic E-state index is 12.3. The molecule has 2 N–H and O–H groups in total. The molecule has 1 saturated carbocycles. The topological polar surface area (TPSA) is 78.9 Å². The zero-order chi connectivity index (χ0) is 14.0. The van der Waals surface area contributed by atoms with Crippen LogP contribution in [0.25, 0.3) is 0 Å². The molecule has 6 nitrogen and oxygen atoms in total. The van der Waals surface area contributed by atoms with Crippen molar-refractivity contribution >= 4 is 12.0 Å². The summed E-state index contributed by atoms with van der Waals surface area (Å²) >= 11 is 0. The minimum absolute atomic E-state index is 0.189. The molecule has 19 heavy (non-hydrogen) atoms. The lowest BCUT2D eigenvalue weighted by molar-refractivity contribution is -0.141. The van der Waals surface area contributed by atoms with Gasteiger partial charge in [-0.05, 0) is 19.8 Å². The van der Waals surface area contributed by atoms with Gasteiger partial charge in [-0.25, -0.2) is 9.59 Å². The molecule has 0 radical (unpaired) electrons. The Morgan fingerprint density at radius 1 is 1.37 bits per heavy atom. The third-order valence-corrected chi connectivity index (χ3v) is 4.26. The van der Waals surface area contributed by atoms with Gasteiger partial charge in [0, 0.05) is 25.6 Å². The molecule has 0 aromatic heterocycles. The largest absolute Gasteiger partial charge is 0.480 e. The first-order chi connectivity index (χ1) is 8.95. The Labute approximate surface area is 113 Å². The van der Waals surface area contributed by atoms with Gasteiger partial charge >= 0.3 is 12.0 Å². The number of nitrogens with one attached hydrogen (secondary N) is 1. The number of rotatable bonds is 3. The summed E-state index contributed by atoms with van der Waals surface area (Å²) in [5.41, 5.74) is -0.189. The van der Waals surface area contributed by atoms with E-state index in [4.69, 9.17) is 4.74 Å². The number of likely N-dealkylation sites (tertiary alicyclic amines) is 1. The highest BCUT2D eigenvalue weighted by molar-refractivity contribution is 5.83. The molecule has 6 heteroatoms. The van der Waals surface area contributed by atoms with Crippen molar-refractivity contribution in [1.82, 2.24) is 10.2 Å². The van der Waals surface area contributed by atoms with E-state index in [1.807, 2.05) is 6.92 Å². The quantitative estimate of drug-likeness (QED) is 0.807. The van der Waals surface area contributed by atoms with Gasteiger partial charge in [0.25, 0.3) is 0 Å². The highest BCUT2D eigenvalue weighted by Gasteiger charge is 2.42. The molecule has 2 aliphatic rings. The van der Waals surface area contributed by atoms with E-state index < -0.39 is 12.0 Å². The van der Waals surface area contributed by atoms with Gasteiger partial charge in [-0.15, -0.1) is 0 Å². The first-order valence-electron chi connectivity index (χ1n) is 6.79. The van der Waals surface area contributed by atoms with Gasteiger partial charge in [-0.2, -0.15) is 0 Å². The van der Waals surface area contributed by atoms with Crippen molar-refractivity contribution in [2.24, 2.45) is 0 Å². The molecular formula is C13H22N2O4. The summed E-state index contributed by atoms with van der Waals surface area (Å²) in [5.74, 6) is -0.966. The van der Waals surface area contributed by atoms with Crippen molar-refractivity contribution in [2.45, 2.75) is 56.7 Å². The third kappa shape index (κ3) is 3.00. The van der Waals surface area contributed by atoms with Crippen LogP contribution in [0.5, 0.6) is 0 Å². The molecule has 0 spiro atoms. The van der Waals surface area contributed by atoms with Gasteiger partial charge in [0.2, 0.25) is 0 Å². The average Bonchev–Trinajstić information content (AvgIpc) is 2.95. The molecule has 1 saturated heterocycles. The average molecular weight is 270 g/mol. The summed E-state index contributed by atoms with van der Waals surface area (Å²) in [5, 5.41) is 12.2. The van der Waals surface area contributed by atoms with Crippen LogP contribution in [0.4, 0.5) is 4.79 Å². The highest BCUT2D eigenvalue weighted by atomic mass is 16.5. The summed E-state index contributed by atoms with van der Waals surface area (Å²) in [6, 6.07) is -1.06. The van der Waals surface area contributed by atoms with Gasteiger partial charge < -0.3 is 20.1 Å². The smallest absolute Gasteiger partial charge is 0.326 e. The summed E-state index contributed by atoms with van der Waals surface area (Å²) in [7, 11) is 1.54. The molecule has 0 aromatic rings. The van der Waals surface area contributed by atoms with E-state index >= 15 is 0 Å². The molecule has 0 aromatic carbocycles. The standard InChI is InChI=1S/C13H22N2O4/c1-13(5-3-4-6-13)14-12(18)15-8-9(19-2)7-10(15)11(16)17/h9-10H,3-8H2,1-2H3,(H,14,18)(H,16,17). The van der Waals surface area contributed by atoms with Crippen LogP contribution >= 0.6 is 0 Å². The van der Waals surface area contributed by atoms with Crippen LogP contribution in [0.2, 0.25) is 0 Å². The number of hydrogen-bond acceptors (Lipinski definition) is 3. The zero-order valence-electron chi connectivity index (χ0n) is 11.5. The van der Waals surface area contributed by atoms with E-state index in [1.54, 1.807) is 7.11 Å². The van der Waals surface area contributed by atoms with E-state index in [9.17, 15) is 14.7 Å². The molecule has 1 aliphatic heterocycles. The number of amides is 2. The van der Waals surface area contributed by atoms with Crippen molar-refractivity contribution in [3.8, 4) is 0 Å². The number of urea groups is 1. The second kappa shape index (κ2) is 5.36. The fourth-order valence-corrected chi connectivity index (χ4v) is 3.04. The van der Waals surface area contributed by atoms with Gasteiger partial charge in [0.1, 0.15) is 6.04 Å². The van der Waals surface area contributed by atoms with Crippen molar-refractivity contribution in [1.29, 1.82) is 0 Å². The molecule has 2 atom stereocenters. The van der Waals surface area contributed by atoms with Gasteiger partial charge in [0.05, 0.1) is 6.10 Å². The number of carbonyl (C=O) groups excluding carboxylic acids is 1. The lowest BCUT2D eigenvalue weighted by Crippen LogP contribution is -2.53. The summed E-state index contributed by atoms with van der Waals surface area (Å²) in [6.45, 7) is 2.37. The van der Waals surface area contributed by atoms with Gasteiger partial charge in [-0.3, -0.25) is 0 Å². The van der Waals surface area contributed by atoms with E-state index in [0.29, 0.717) is 13.0 Å². The van der Waals surface area contributed by atoms with Crippen molar-refractivity contribution in [2.75, 3.05) is 13.7 Å². The number of carboxylic acid groups (broad SMARTS) is 1.